The van der Waals surface area contributed by atoms with Crippen molar-refractivity contribution in [2.45, 2.75) is 72.4 Å². The molecule has 8 heteroatoms. The van der Waals surface area contributed by atoms with Crippen molar-refractivity contribution in [3.63, 3.8) is 0 Å². The summed E-state index contributed by atoms with van der Waals surface area (Å²) >= 11 is 0. The minimum absolute atomic E-state index is 0.252. The second-order valence-corrected chi connectivity index (χ2v) is 9.84. The van der Waals surface area contributed by atoms with E-state index in [1.807, 2.05) is 51.4 Å². The van der Waals surface area contributed by atoms with Gasteiger partial charge < -0.3 is 14.9 Å². The number of fused-ring (bicyclic) bond motifs is 2. The van der Waals surface area contributed by atoms with E-state index in [2.05, 4.69) is 33.4 Å². The van der Waals surface area contributed by atoms with Crippen molar-refractivity contribution < 1.29 is 4.39 Å². The number of nitrogen functional groups attached to an aromatic ring is 1. The molecule has 0 aromatic carbocycles. The summed E-state index contributed by atoms with van der Waals surface area (Å²) in [5.74, 6) is 0.708. The van der Waals surface area contributed by atoms with Gasteiger partial charge in [0.25, 0.3) is 0 Å². The summed E-state index contributed by atoms with van der Waals surface area (Å²) in [6.45, 7) is 14.2. The average molecular weight is 424 g/mol. The van der Waals surface area contributed by atoms with Gasteiger partial charge in [0.05, 0.1) is 16.8 Å². The van der Waals surface area contributed by atoms with E-state index in [0.717, 1.165) is 23.1 Å². The molecule has 7 nitrogen and oxygen atoms in total. The highest BCUT2D eigenvalue weighted by Crippen LogP contribution is 2.30. The van der Waals surface area contributed by atoms with E-state index in [-0.39, 0.29) is 22.8 Å². The van der Waals surface area contributed by atoms with E-state index in [1.165, 1.54) is 6.20 Å². The Labute approximate surface area is 181 Å². The lowest BCUT2D eigenvalue weighted by atomic mass is 9.97. The largest absolute Gasteiger partial charge is 0.368 e. The van der Waals surface area contributed by atoms with Crippen LogP contribution in [-0.2, 0) is 17.5 Å². The molecule has 2 N–H and O–H groups in total. The van der Waals surface area contributed by atoms with Gasteiger partial charge in [0.2, 0.25) is 5.95 Å². The Morgan fingerprint density at radius 3 is 2.32 bits per heavy atom. The number of hydrogen-bond acceptors (Lipinski definition) is 5. The van der Waals surface area contributed by atoms with Crippen LogP contribution in [0.1, 0.15) is 58.3 Å². The fourth-order valence-electron chi connectivity index (χ4n) is 4.14. The van der Waals surface area contributed by atoms with Gasteiger partial charge in [0, 0.05) is 35.3 Å². The maximum atomic E-state index is 14.6. The van der Waals surface area contributed by atoms with Crippen LogP contribution in [0.15, 0.2) is 18.5 Å². The van der Waals surface area contributed by atoms with Crippen LogP contribution in [-0.4, -0.2) is 29.1 Å². The van der Waals surface area contributed by atoms with E-state index in [0.29, 0.717) is 29.0 Å². The molecule has 0 radical (unpaired) electrons. The van der Waals surface area contributed by atoms with Gasteiger partial charge in [-0.3, -0.25) is 0 Å². The lowest BCUT2D eigenvalue weighted by Gasteiger charge is -2.27. The number of anilines is 1. The predicted molar refractivity (Wildman–Crippen MR) is 122 cm³/mol. The van der Waals surface area contributed by atoms with E-state index in [1.54, 1.807) is 0 Å². The van der Waals surface area contributed by atoms with E-state index >= 15 is 0 Å². The van der Waals surface area contributed by atoms with Gasteiger partial charge >= 0.3 is 0 Å². The molecule has 0 saturated heterocycles. The molecule has 0 fully saturated rings. The van der Waals surface area contributed by atoms with Crippen LogP contribution in [0.2, 0.25) is 0 Å². The molecule has 31 heavy (non-hydrogen) atoms. The molecule has 0 spiro atoms. The van der Waals surface area contributed by atoms with E-state index in [9.17, 15) is 4.39 Å². The van der Waals surface area contributed by atoms with Crippen molar-refractivity contribution in [2.75, 3.05) is 5.73 Å². The van der Waals surface area contributed by atoms with Crippen LogP contribution in [0, 0.1) is 19.7 Å². The smallest absolute Gasteiger partial charge is 0.222 e. The molecule has 0 aliphatic rings. The average Bonchev–Trinajstić information content (AvgIpc) is 3.22. The number of aryl methyl sites for hydroxylation is 3. The molecule has 0 unspecified atom stereocenters. The van der Waals surface area contributed by atoms with Crippen molar-refractivity contribution >= 4 is 28.0 Å². The third-order valence-corrected chi connectivity index (χ3v) is 5.91. The first kappa shape index (κ1) is 21.2. The first-order valence-electron chi connectivity index (χ1n) is 10.5. The van der Waals surface area contributed by atoms with E-state index < -0.39 is 0 Å². The highest BCUT2D eigenvalue weighted by Gasteiger charge is 2.25. The molecular weight excluding hydrogens is 393 g/mol. The maximum absolute atomic E-state index is 14.6. The first-order chi connectivity index (χ1) is 14.4. The van der Waals surface area contributed by atoms with Crippen LogP contribution >= 0.6 is 0 Å². The van der Waals surface area contributed by atoms with Gasteiger partial charge in [-0.25, -0.2) is 19.3 Å². The van der Waals surface area contributed by atoms with Gasteiger partial charge in [-0.1, -0.05) is 0 Å². The minimum atomic E-state index is -0.277. The fourth-order valence-corrected chi connectivity index (χ4v) is 4.14. The molecule has 4 aromatic rings. The lowest BCUT2D eigenvalue weighted by molar-refractivity contribution is 0.334. The van der Waals surface area contributed by atoms with Gasteiger partial charge in [0.1, 0.15) is 17.1 Å². The summed E-state index contributed by atoms with van der Waals surface area (Å²) in [4.78, 5) is 18.1. The fraction of sp³-hybridized carbons (Fsp3) is 0.478. The van der Waals surface area contributed by atoms with Gasteiger partial charge in [-0.05, 0) is 61.0 Å². The number of halogens is 1. The monoisotopic (exact) mass is 423 g/mol. The first-order valence-corrected chi connectivity index (χ1v) is 10.5. The molecule has 4 heterocycles. The topological polar surface area (TPSA) is 87.4 Å². The molecule has 4 rings (SSSR count). The molecule has 0 bridgehead atoms. The molecule has 0 aliphatic carbocycles. The summed E-state index contributed by atoms with van der Waals surface area (Å²) < 4.78 is 18.6. The summed E-state index contributed by atoms with van der Waals surface area (Å²) in [5, 5.41) is 1.49. The summed E-state index contributed by atoms with van der Waals surface area (Å²) in [6.07, 6.45) is 4.99. The third kappa shape index (κ3) is 3.64. The molecule has 0 atom stereocenters. The molecule has 164 valence electrons. The number of nitrogens with zero attached hydrogens (tertiary/aromatic N) is 6. The van der Waals surface area contributed by atoms with Crippen molar-refractivity contribution in [2.24, 2.45) is 0 Å². The van der Waals surface area contributed by atoms with Crippen molar-refractivity contribution in [3.05, 3.63) is 41.5 Å². The standard InChI is InChI=1S/C23H30FN7/c1-13-15-9-11-30(19(15)29-21(25)27-13)23(6,7)10-8-17-26-14(2)18-16(24)12-31(20(18)28-17)22(3,4)5/h9,11-12H,8,10H2,1-7H3,(H2,25,27,29). The van der Waals surface area contributed by atoms with Crippen LogP contribution in [0.25, 0.3) is 22.1 Å². The highest BCUT2D eigenvalue weighted by atomic mass is 19.1. The Morgan fingerprint density at radius 1 is 0.935 bits per heavy atom. The Bertz CT molecular complexity index is 1290. The normalized spacial score (nSPS) is 12.9. The van der Waals surface area contributed by atoms with E-state index in [4.69, 9.17) is 10.7 Å². The molecule has 4 aromatic heterocycles. The van der Waals surface area contributed by atoms with Crippen LogP contribution < -0.4 is 5.73 Å². The quantitative estimate of drug-likeness (QED) is 0.517. The second-order valence-electron chi connectivity index (χ2n) is 9.84. The Balaban J connectivity index is 1.69. The second kappa shape index (κ2) is 7.00. The summed E-state index contributed by atoms with van der Waals surface area (Å²) in [6, 6.07) is 2.03. The molecule has 0 amide bonds. The van der Waals surface area contributed by atoms with Crippen molar-refractivity contribution in [1.29, 1.82) is 0 Å². The van der Waals surface area contributed by atoms with Crippen LogP contribution in [0.4, 0.5) is 10.3 Å². The zero-order chi connectivity index (χ0) is 22.7. The molecule has 0 aliphatic heterocycles. The SMILES string of the molecule is Cc1nc(N)nc2c1ccn2C(C)(C)CCc1nc(C)c2c(F)cn(C(C)(C)C)c2n1. The predicted octanol–water partition coefficient (Wildman–Crippen LogP) is 4.64. The Hall–Kier alpha value is -3.03. The van der Waals surface area contributed by atoms with Crippen LogP contribution in [0.5, 0.6) is 0 Å². The number of nitrogens with two attached hydrogens (primary N) is 1. The Kier molecular flexibility index (Phi) is 4.79. The Morgan fingerprint density at radius 2 is 1.65 bits per heavy atom. The highest BCUT2D eigenvalue weighted by molar-refractivity contribution is 5.80. The van der Waals surface area contributed by atoms with Gasteiger partial charge in [-0.15, -0.1) is 0 Å². The van der Waals surface area contributed by atoms with Gasteiger partial charge in [-0.2, -0.15) is 4.98 Å². The molecular formula is C23H30FN7. The molecule has 0 saturated carbocycles. The van der Waals surface area contributed by atoms with Crippen molar-refractivity contribution in [3.8, 4) is 0 Å². The lowest BCUT2D eigenvalue weighted by Crippen LogP contribution is -2.27. The number of aromatic nitrogens is 6. The van der Waals surface area contributed by atoms with Crippen molar-refractivity contribution in [1.82, 2.24) is 29.1 Å². The number of hydrogen-bond donors (Lipinski definition) is 1. The van der Waals surface area contributed by atoms with Gasteiger partial charge in [0.15, 0.2) is 5.82 Å². The summed E-state index contributed by atoms with van der Waals surface area (Å²) in [7, 11) is 0. The number of rotatable bonds is 4. The summed E-state index contributed by atoms with van der Waals surface area (Å²) in [5.41, 5.74) is 8.37. The minimum Gasteiger partial charge on any atom is -0.368 e. The zero-order valence-corrected chi connectivity index (χ0v) is 19.3. The maximum Gasteiger partial charge on any atom is 0.222 e. The zero-order valence-electron chi connectivity index (χ0n) is 19.3. The third-order valence-electron chi connectivity index (χ3n) is 5.91. The van der Waals surface area contributed by atoms with Crippen LogP contribution in [0.3, 0.4) is 0 Å².